The molecule has 3 aromatic rings. The number of amides is 1. The fraction of sp³-hybridized carbons (Fsp3) is 0.316. The lowest BCUT2D eigenvalue weighted by atomic mass is 10.0. The van der Waals surface area contributed by atoms with Gasteiger partial charge in [0.2, 0.25) is 5.91 Å². The molecule has 0 aliphatic rings. The third-order valence-corrected chi connectivity index (χ3v) is 4.14. The minimum atomic E-state index is -0.0655. The zero-order valence-electron chi connectivity index (χ0n) is 14.7. The standard InChI is InChI=1S/C19H22N4O/c1-11(2)19(24)22-15-7-6-12(3)18-17(15)13(4)8-16(21-18)14-9-20-23(5)10-14/h6-11H,1-5H3,(H,22,24). The number of hydrogen-bond acceptors (Lipinski definition) is 3. The van der Waals surface area contributed by atoms with Gasteiger partial charge in [0.25, 0.3) is 0 Å². The number of benzene rings is 1. The summed E-state index contributed by atoms with van der Waals surface area (Å²) in [4.78, 5) is 16.9. The number of carbonyl (C=O) groups excluding carboxylic acids is 1. The molecule has 0 fully saturated rings. The number of aryl methyl sites for hydroxylation is 3. The summed E-state index contributed by atoms with van der Waals surface area (Å²) in [7, 11) is 1.89. The molecule has 3 rings (SSSR count). The molecule has 0 saturated heterocycles. The van der Waals surface area contributed by atoms with Gasteiger partial charge in [0, 0.05) is 30.1 Å². The fourth-order valence-electron chi connectivity index (χ4n) is 2.75. The predicted molar refractivity (Wildman–Crippen MR) is 96.9 cm³/mol. The molecule has 1 aromatic carbocycles. The van der Waals surface area contributed by atoms with Crippen LogP contribution in [0.4, 0.5) is 5.69 Å². The lowest BCUT2D eigenvalue weighted by Crippen LogP contribution is -2.18. The molecule has 0 unspecified atom stereocenters. The van der Waals surface area contributed by atoms with Crippen molar-refractivity contribution in [3.63, 3.8) is 0 Å². The Balaban J connectivity index is 2.17. The molecule has 2 aromatic heterocycles. The smallest absolute Gasteiger partial charge is 0.226 e. The van der Waals surface area contributed by atoms with Gasteiger partial charge in [0.15, 0.2) is 0 Å². The molecule has 5 heteroatoms. The first-order valence-corrected chi connectivity index (χ1v) is 8.07. The second kappa shape index (κ2) is 6.07. The summed E-state index contributed by atoms with van der Waals surface area (Å²) in [6, 6.07) is 6.00. The average Bonchev–Trinajstić information content (AvgIpc) is 2.96. The Morgan fingerprint density at radius 3 is 2.58 bits per heavy atom. The largest absolute Gasteiger partial charge is 0.325 e. The van der Waals surface area contributed by atoms with Crippen molar-refractivity contribution in [2.75, 3.05) is 5.32 Å². The number of anilines is 1. The highest BCUT2D eigenvalue weighted by molar-refractivity contribution is 6.04. The first-order chi connectivity index (χ1) is 11.4. The van der Waals surface area contributed by atoms with E-state index in [1.165, 1.54) is 0 Å². The number of fused-ring (bicyclic) bond motifs is 1. The lowest BCUT2D eigenvalue weighted by Gasteiger charge is -2.14. The van der Waals surface area contributed by atoms with E-state index >= 15 is 0 Å². The minimum Gasteiger partial charge on any atom is -0.325 e. The molecule has 0 aliphatic carbocycles. The third-order valence-electron chi connectivity index (χ3n) is 4.14. The fourth-order valence-corrected chi connectivity index (χ4v) is 2.75. The zero-order chi connectivity index (χ0) is 17.4. The number of aromatic nitrogens is 3. The Kier molecular flexibility index (Phi) is 4.09. The van der Waals surface area contributed by atoms with Gasteiger partial charge in [-0.3, -0.25) is 9.48 Å². The van der Waals surface area contributed by atoms with Crippen LogP contribution in [0, 0.1) is 19.8 Å². The maximum atomic E-state index is 12.1. The molecule has 124 valence electrons. The van der Waals surface area contributed by atoms with Crippen LogP contribution < -0.4 is 5.32 Å². The van der Waals surface area contributed by atoms with E-state index in [0.717, 1.165) is 39.0 Å². The van der Waals surface area contributed by atoms with Crippen LogP contribution in [0.5, 0.6) is 0 Å². The molecule has 1 amide bonds. The van der Waals surface area contributed by atoms with Crippen LogP contribution in [0.3, 0.4) is 0 Å². The monoisotopic (exact) mass is 322 g/mol. The minimum absolute atomic E-state index is 0.0101. The van der Waals surface area contributed by atoms with Crippen LogP contribution >= 0.6 is 0 Å². The van der Waals surface area contributed by atoms with Crippen molar-refractivity contribution in [1.29, 1.82) is 0 Å². The van der Waals surface area contributed by atoms with Gasteiger partial charge < -0.3 is 5.32 Å². The summed E-state index contributed by atoms with van der Waals surface area (Å²) < 4.78 is 1.77. The molecule has 2 heterocycles. The van der Waals surface area contributed by atoms with Gasteiger partial charge in [-0.2, -0.15) is 5.10 Å². The van der Waals surface area contributed by atoms with Gasteiger partial charge in [-0.1, -0.05) is 19.9 Å². The first kappa shape index (κ1) is 16.2. The Morgan fingerprint density at radius 2 is 1.96 bits per heavy atom. The summed E-state index contributed by atoms with van der Waals surface area (Å²) in [5.74, 6) is -0.0554. The number of pyridine rings is 1. The van der Waals surface area contributed by atoms with E-state index in [-0.39, 0.29) is 11.8 Å². The zero-order valence-corrected chi connectivity index (χ0v) is 14.7. The number of hydrogen-bond donors (Lipinski definition) is 1. The summed E-state index contributed by atoms with van der Waals surface area (Å²) in [5.41, 5.74) is 5.78. The van der Waals surface area contributed by atoms with E-state index < -0.39 is 0 Å². The van der Waals surface area contributed by atoms with Crippen LogP contribution in [0.15, 0.2) is 30.6 Å². The van der Waals surface area contributed by atoms with Crippen LogP contribution in [0.2, 0.25) is 0 Å². The first-order valence-electron chi connectivity index (χ1n) is 8.07. The number of nitrogens with one attached hydrogen (secondary N) is 1. The number of carbonyl (C=O) groups is 1. The van der Waals surface area contributed by atoms with Gasteiger partial charge in [-0.15, -0.1) is 0 Å². The molecular formula is C19H22N4O. The van der Waals surface area contributed by atoms with Gasteiger partial charge in [0.05, 0.1) is 23.1 Å². The van der Waals surface area contributed by atoms with E-state index in [1.54, 1.807) is 4.68 Å². The molecule has 0 bridgehead atoms. The number of rotatable bonds is 3. The summed E-state index contributed by atoms with van der Waals surface area (Å²) in [6.45, 7) is 7.86. The van der Waals surface area contributed by atoms with Gasteiger partial charge in [-0.05, 0) is 37.1 Å². The van der Waals surface area contributed by atoms with Gasteiger partial charge in [0.1, 0.15) is 0 Å². The van der Waals surface area contributed by atoms with E-state index in [4.69, 9.17) is 4.98 Å². The van der Waals surface area contributed by atoms with Crippen LogP contribution in [-0.2, 0) is 11.8 Å². The van der Waals surface area contributed by atoms with Crippen LogP contribution in [0.25, 0.3) is 22.2 Å². The predicted octanol–water partition coefficient (Wildman–Crippen LogP) is 3.85. The van der Waals surface area contributed by atoms with Crippen molar-refractivity contribution in [1.82, 2.24) is 14.8 Å². The number of nitrogens with zero attached hydrogens (tertiary/aromatic N) is 3. The van der Waals surface area contributed by atoms with Crippen LogP contribution in [-0.4, -0.2) is 20.7 Å². The second-order valence-corrected chi connectivity index (χ2v) is 6.52. The topological polar surface area (TPSA) is 59.8 Å². The van der Waals surface area contributed by atoms with Crippen molar-refractivity contribution in [2.45, 2.75) is 27.7 Å². The molecule has 0 aliphatic heterocycles. The van der Waals surface area contributed by atoms with Crippen molar-refractivity contribution in [3.05, 3.63) is 41.7 Å². The van der Waals surface area contributed by atoms with E-state index in [9.17, 15) is 4.79 Å². The van der Waals surface area contributed by atoms with Crippen molar-refractivity contribution in [3.8, 4) is 11.3 Å². The molecule has 0 spiro atoms. The van der Waals surface area contributed by atoms with Gasteiger partial charge in [-0.25, -0.2) is 4.98 Å². The average molecular weight is 322 g/mol. The van der Waals surface area contributed by atoms with Crippen molar-refractivity contribution >= 4 is 22.5 Å². The molecule has 0 saturated carbocycles. The SMILES string of the molecule is Cc1ccc(NC(=O)C(C)C)c2c(C)cc(-c3cnn(C)c3)nc12. The Morgan fingerprint density at radius 1 is 1.21 bits per heavy atom. The Bertz CT molecular complexity index is 925. The van der Waals surface area contributed by atoms with Crippen molar-refractivity contribution in [2.24, 2.45) is 13.0 Å². The highest BCUT2D eigenvalue weighted by atomic mass is 16.1. The van der Waals surface area contributed by atoms with E-state index in [2.05, 4.69) is 10.4 Å². The van der Waals surface area contributed by atoms with E-state index in [0.29, 0.717) is 0 Å². The molecule has 5 nitrogen and oxygen atoms in total. The maximum Gasteiger partial charge on any atom is 0.226 e. The normalized spacial score (nSPS) is 11.2. The highest BCUT2D eigenvalue weighted by Crippen LogP contribution is 2.31. The van der Waals surface area contributed by atoms with Crippen molar-refractivity contribution < 1.29 is 4.79 Å². The highest BCUT2D eigenvalue weighted by Gasteiger charge is 2.14. The van der Waals surface area contributed by atoms with Gasteiger partial charge >= 0.3 is 0 Å². The third kappa shape index (κ3) is 2.89. The Labute approximate surface area is 141 Å². The molecule has 0 radical (unpaired) electrons. The second-order valence-electron chi connectivity index (χ2n) is 6.52. The van der Waals surface area contributed by atoms with E-state index in [1.807, 2.05) is 65.3 Å². The maximum absolute atomic E-state index is 12.1. The summed E-state index contributed by atoms with van der Waals surface area (Å²) in [6.07, 6.45) is 3.76. The molecule has 0 atom stereocenters. The molecular weight excluding hydrogens is 300 g/mol. The van der Waals surface area contributed by atoms with Crippen LogP contribution in [0.1, 0.15) is 25.0 Å². The molecule has 1 N–H and O–H groups in total. The summed E-state index contributed by atoms with van der Waals surface area (Å²) in [5, 5.41) is 8.24. The molecule has 24 heavy (non-hydrogen) atoms. The summed E-state index contributed by atoms with van der Waals surface area (Å²) >= 11 is 0. The lowest BCUT2D eigenvalue weighted by molar-refractivity contribution is -0.118. The quantitative estimate of drug-likeness (QED) is 0.797. The Hall–Kier alpha value is -2.69.